The number of hydrogen-bond donors (Lipinski definition) is 1. The standard InChI is InChI=1S/C18H26O2/c1-18(12-8-4-2-3-5-9-13-19)14-17(20)15-10-6-7-11-16(15)18/h6-7,10-11,19H,2-5,8-9,12-14H2,1H3/t18-/m1/s1. The van der Waals surface area contributed by atoms with Crippen molar-refractivity contribution in [3.63, 3.8) is 0 Å². The zero-order valence-corrected chi connectivity index (χ0v) is 12.5. The summed E-state index contributed by atoms with van der Waals surface area (Å²) in [6, 6.07) is 8.10. The van der Waals surface area contributed by atoms with E-state index >= 15 is 0 Å². The smallest absolute Gasteiger partial charge is 0.164 e. The van der Waals surface area contributed by atoms with Crippen LogP contribution in [0.4, 0.5) is 0 Å². The molecule has 0 bridgehead atoms. The Labute approximate surface area is 122 Å². The predicted octanol–water partition coefficient (Wildman–Crippen LogP) is 4.25. The second-order valence-corrected chi connectivity index (χ2v) is 6.30. The van der Waals surface area contributed by atoms with Gasteiger partial charge < -0.3 is 5.11 Å². The number of carbonyl (C=O) groups is 1. The van der Waals surface area contributed by atoms with Gasteiger partial charge in [-0.05, 0) is 18.4 Å². The topological polar surface area (TPSA) is 37.3 Å². The largest absolute Gasteiger partial charge is 0.396 e. The van der Waals surface area contributed by atoms with Gasteiger partial charge >= 0.3 is 0 Å². The highest BCUT2D eigenvalue weighted by Crippen LogP contribution is 2.42. The number of benzene rings is 1. The van der Waals surface area contributed by atoms with Gasteiger partial charge in [-0.2, -0.15) is 0 Å². The zero-order chi connectivity index (χ0) is 14.4. The highest BCUT2D eigenvalue weighted by atomic mass is 16.2. The molecular formula is C18H26O2. The van der Waals surface area contributed by atoms with Gasteiger partial charge in [0.25, 0.3) is 0 Å². The number of carbonyl (C=O) groups excluding carboxylic acids is 1. The summed E-state index contributed by atoms with van der Waals surface area (Å²) in [5.41, 5.74) is 2.25. The van der Waals surface area contributed by atoms with Crippen LogP contribution in [0.2, 0.25) is 0 Å². The molecule has 20 heavy (non-hydrogen) atoms. The zero-order valence-electron chi connectivity index (χ0n) is 12.5. The fourth-order valence-electron chi connectivity index (χ4n) is 3.35. The van der Waals surface area contributed by atoms with E-state index in [1.165, 1.54) is 31.2 Å². The van der Waals surface area contributed by atoms with E-state index in [-0.39, 0.29) is 5.41 Å². The molecule has 2 nitrogen and oxygen atoms in total. The fraction of sp³-hybridized carbons (Fsp3) is 0.611. The van der Waals surface area contributed by atoms with E-state index in [1.807, 2.05) is 18.2 Å². The van der Waals surface area contributed by atoms with E-state index in [2.05, 4.69) is 13.0 Å². The van der Waals surface area contributed by atoms with Crippen molar-refractivity contribution in [2.75, 3.05) is 6.61 Å². The van der Waals surface area contributed by atoms with E-state index in [4.69, 9.17) is 5.11 Å². The van der Waals surface area contributed by atoms with Gasteiger partial charge in [0.05, 0.1) is 0 Å². The molecule has 1 aliphatic carbocycles. The first kappa shape index (κ1) is 15.2. The molecule has 1 N–H and O–H groups in total. The van der Waals surface area contributed by atoms with Crippen molar-refractivity contribution in [2.45, 2.75) is 63.7 Å². The molecule has 0 aliphatic heterocycles. The first-order valence-electron chi connectivity index (χ1n) is 7.91. The van der Waals surface area contributed by atoms with Gasteiger partial charge in [0.15, 0.2) is 5.78 Å². The summed E-state index contributed by atoms with van der Waals surface area (Å²) in [5.74, 6) is 0.311. The van der Waals surface area contributed by atoms with Crippen LogP contribution in [0.25, 0.3) is 0 Å². The number of aliphatic hydroxyl groups excluding tert-OH is 1. The summed E-state index contributed by atoms with van der Waals surface area (Å²) in [7, 11) is 0. The summed E-state index contributed by atoms with van der Waals surface area (Å²) in [5, 5.41) is 8.73. The molecule has 0 fully saturated rings. The third-order valence-electron chi connectivity index (χ3n) is 4.57. The van der Waals surface area contributed by atoms with Crippen molar-refractivity contribution in [3.05, 3.63) is 35.4 Å². The molecule has 2 heteroatoms. The summed E-state index contributed by atoms with van der Waals surface area (Å²) in [4.78, 5) is 12.1. The van der Waals surface area contributed by atoms with Crippen LogP contribution in [0.3, 0.4) is 0 Å². The molecule has 0 radical (unpaired) electrons. The third-order valence-corrected chi connectivity index (χ3v) is 4.57. The number of unbranched alkanes of at least 4 members (excludes halogenated alkanes) is 5. The van der Waals surface area contributed by atoms with E-state index < -0.39 is 0 Å². The highest BCUT2D eigenvalue weighted by molar-refractivity contribution is 6.02. The minimum Gasteiger partial charge on any atom is -0.396 e. The van der Waals surface area contributed by atoms with Crippen LogP contribution >= 0.6 is 0 Å². The van der Waals surface area contributed by atoms with Crippen LogP contribution in [-0.2, 0) is 5.41 Å². The first-order chi connectivity index (χ1) is 9.67. The van der Waals surface area contributed by atoms with Gasteiger partial charge in [-0.15, -0.1) is 0 Å². The van der Waals surface area contributed by atoms with Crippen molar-refractivity contribution in [2.24, 2.45) is 0 Å². The molecular weight excluding hydrogens is 248 g/mol. The summed E-state index contributed by atoms with van der Waals surface area (Å²) >= 11 is 0. The SMILES string of the molecule is C[C@@]1(CCCCCCCCO)CC(=O)c2ccccc21. The van der Waals surface area contributed by atoms with E-state index in [1.54, 1.807) is 0 Å². The Hall–Kier alpha value is -1.15. The van der Waals surface area contributed by atoms with Crippen molar-refractivity contribution < 1.29 is 9.90 Å². The second-order valence-electron chi connectivity index (χ2n) is 6.30. The first-order valence-corrected chi connectivity index (χ1v) is 7.91. The molecule has 0 spiro atoms. The van der Waals surface area contributed by atoms with E-state index in [9.17, 15) is 4.79 Å². The van der Waals surface area contributed by atoms with Crippen molar-refractivity contribution >= 4 is 5.78 Å². The van der Waals surface area contributed by atoms with Crippen molar-refractivity contribution in [1.82, 2.24) is 0 Å². The van der Waals surface area contributed by atoms with Gasteiger partial charge in [-0.3, -0.25) is 4.79 Å². The fourth-order valence-corrected chi connectivity index (χ4v) is 3.35. The quantitative estimate of drug-likeness (QED) is 0.719. The molecule has 0 heterocycles. The lowest BCUT2D eigenvalue weighted by molar-refractivity contribution is 0.0974. The van der Waals surface area contributed by atoms with Gasteiger partial charge in [0, 0.05) is 24.0 Å². The minimum atomic E-state index is 0.0543. The van der Waals surface area contributed by atoms with Crippen LogP contribution in [-0.4, -0.2) is 17.5 Å². The molecule has 0 unspecified atom stereocenters. The van der Waals surface area contributed by atoms with Gasteiger partial charge in [0.1, 0.15) is 0 Å². The molecule has 2 rings (SSSR count). The number of rotatable bonds is 8. The Morgan fingerprint density at radius 1 is 1.05 bits per heavy atom. The Bertz CT molecular complexity index is 452. The normalized spacial score (nSPS) is 21.2. The number of hydrogen-bond acceptors (Lipinski definition) is 2. The van der Waals surface area contributed by atoms with Crippen LogP contribution < -0.4 is 0 Å². The van der Waals surface area contributed by atoms with Crippen LogP contribution in [0.1, 0.15) is 74.2 Å². The lowest BCUT2D eigenvalue weighted by atomic mass is 9.79. The molecule has 0 saturated carbocycles. The number of Topliss-reactive ketones (excluding diaryl/α,β-unsaturated/α-hetero) is 1. The molecule has 1 aliphatic rings. The highest BCUT2D eigenvalue weighted by Gasteiger charge is 2.38. The Morgan fingerprint density at radius 2 is 1.70 bits per heavy atom. The monoisotopic (exact) mass is 274 g/mol. The van der Waals surface area contributed by atoms with Crippen molar-refractivity contribution in [3.8, 4) is 0 Å². The molecule has 1 aromatic rings. The summed E-state index contributed by atoms with van der Waals surface area (Å²) < 4.78 is 0. The molecule has 0 saturated heterocycles. The molecule has 0 amide bonds. The number of ketones is 1. The Morgan fingerprint density at radius 3 is 2.45 bits per heavy atom. The maximum Gasteiger partial charge on any atom is 0.164 e. The molecule has 1 aromatic carbocycles. The van der Waals surface area contributed by atoms with Crippen molar-refractivity contribution in [1.29, 1.82) is 0 Å². The lowest BCUT2D eigenvalue weighted by Crippen LogP contribution is -2.18. The second kappa shape index (κ2) is 7.03. The molecule has 110 valence electrons. The van der Waals surface area contributed by atoms with Crippen LogP contribution in [0.15, 0.2) is 24.3 Å². The predicted molar refractivity (Wildman–Crippen MR) is 82.1 cm³/mol. The Balaban J connectivity index is 1.80. The molecule has 1 atom stereocenters. The lowest BCUT2D eigenvalue weighted by Gasteiger charge is -2.24. The maximum atomic E-state index is 12.1. The van der Waals surface area contributed by atoms with Crippen LogP contribution in [0.5, 0.6) is 0 Å². The summed E-state index contributed by atoms with van der Waals surface area (Å²) in [6.45, 7) is 2.56. The molecule has 0 aromatic heterocycles. The number of aliphatic hydroxyl groups is 1. The van der Waals surface area contributed by atoms with Gasteiger partial charge in [0.2, 0.25) is 0 Å². The summed E-state index contributed by atoms with van der Waals surface area (Å²) in [6.07, 6.45) is 8.73. The van der Waals surface area contributed by atoms with E-state index in [0.717, 1.165) is 24.8 Å². The van der Waals surface area contributed by atoms with Crippen LogP contribution in [0, 0.1) is 0 Å². The minimum absolute atomic E-state index is 0.0543. The van der Waals surface area contributed by atoms with Gasteiger partial charge in [-0.25, -0.2) is 0 Å². The maximum absolute atomic E-state index is 12.1. The number of fused-ring (bicyclic) bond motifs is 1. The van der Waals surface area contributed by atoms with E-state index in [0.29, 0.717) is 18.8 Å². The third kappa shape index (κ3) is 3.49. The average Bonchev–Trinajstić information content (AvgIpc) is 2.71. The van der Waals surface area contributed by atoms with Gasteiger partial charge in [-0.1, -0.05) is 63.3 Å². The Kier molecular flexibility index (Phi) is 5.36. The average molecular weight is 274 g/mol.